The maximum Gasteiger partial charge on any atom is 0.277 e. The Kier molecular flexibility index (Phi) is 4.09. The third-order valence-corrected chi connectivity index (χ3v) is 0.924. The van der Waals surface area contributed by atoms with Gasteiger partial charge in [0.2, 0.25) is 0 Å². The summed E-state index contributed by atoms with van der Waals surface area (Å²) in [4.78, 5) is 17.7. The largest absolute Gasteiger partial charge is 0.288 e. The van der Waals surface area contributed by atoms with Gasteiger partial charge in [0.15, 0.2) is 0 Å². The number of hydrogen-bond donors (Lipinski definition) is 2. The maximum absolute atomic E-state index is 10.6. The molecule has 5 nitrogen and oxygen atoms in total. The molecule has 0 bridgehead atoms. The number of halogens is 1. The summed E-state index contributed by atoms with van der Waals surface area (Å²) in [6.07, 6.45) is 3.91. The summed E-state index contributed by atoms with van der Waals surface area (Å²) in [6, 6.07) is 0. The zero-order chi connectivity index (χ0) is 7.40. The van der Waals surface area contributed by atoms with Crippen LogP contribution in [0.1, 0.15) is 10.4 Å². The monoisotopic (exact) mass is 175 g/mol. The van der Waals surface area contributed by atoms with E-state index in [4.69, 9.17) is 5.21 Å². The Morgan fingerprint density at radius 3 is 2.45 bits per heavy atom. The van der Waals surface area contributed by atoms with Gasteiger partial charge in [-0.15, -0.1) is 12.4 Å². The Morgan fingerprint density at radius 2 is 2.00 bits per heavy atom. The minimum Gasteiger partial charge on any atom is -0.288 e. The highest BCUT2D eigenvalue weighted by Gasteiger charge is 2.01. The Balaban J connectivity index is 0.000001000. The summed E-state index contributed by atoms with van der Waals surface area (Å²) in [5.41, 5.74) is 1.69. The zero-order valence-electron chi connectivity index (χ0n) is 5.39. The fraction of sp³-hybridized carbons (Fsp3) is 0. The number of nitrogens with one attached hydrogen (secondary N) is 1. The van der Waals surface area contributed by atoms with Crippen LogP contribution in [0, 0.1) is 0 Å². The summed E-state index contributed by atoms with van der Waals surface area (Å²) >= 11 is 0. The Labute approximate surface area is 68.8 Å². The molecule has 0 fully saturated rings. The highest BCUT2D eigenvalue weighted by Crippen LogP contribution is 1.89. The van der Waals surface area contributed by atoms with Gasteiger partial charge < -0.3 is 0 Å². The molecule has 6 heteroatoms. The van der Waals surface area contributed by atoms with E-state index < -0.39 is 5.91 Å². The van der Waals surface area contributed by atoms with Crippen LogP contribution in [0.2, 0.25) is 0 Å². The fourth-order valence-electron chi connectivity index (χ4n) is 0.481. The molecular formula is C5H6ClN3O2. The number of carbonyl (C=O) groups is 1. The van der Waals surface area contributed by atoms with Gasteiger partial charge in [-0.1, -0.05) is 0 Å². The molecule has 60 valence electrons. The van der Waals surface area contributed by atoms with Crippen molar-refractivity contribution in [1.82, 2.24) is 15.4 Å². The van der Waals surface area contributed by atoms with Gasteiger partial charge in [-0.2, -0.15) is 0 Å². The molecular weight excluding hydrogens is 170 g/mol. The molecule has 0 radical (unpaired) electrons. The standard InChI is InChI=1S/C5H5N3O2.ClH/c9-5(8-10)4-1-6-3-7-2-4;/h1-3,10H,(H,8,9);1H. The third-order valence-electron chi connectivity index (χ3n) is 0.924. The number of nitrogens with zero attached hydrogens (tertiary/aromatic N) is 2. The molecule has 0 aromatic carbocycles. The van der Waals surface area contributed by atoms with Crippen molar-refractivity contribution < 1.29 is 10.0 Å². The summed E-state index contributed by atoms with van der Waals surface area (Å²) < 4.78 is 0. The van der Waals surface area contributed by atoms with Crippen LogP contribution in [0.5, 0.6) is 0 Å². The second-order valence-electron chi connectivity index (χ2n) is 1.57. The van der Waals surface area contributed by atoms with Gasteiger partial charge in [0.05, 0.1) is 5.56 Å². The maximum atomic E-state index is 10.6. The molecule has 0 unspecified atom stereocenters. The van der Waals surface area contributed by atoms with Crippen molar-refractivity contribution in [3.8, 4) is 0 Å². The first-order valence-electron chi connectivity index (χ1n) is 2.54. The van der Waals surface area contributed by atoms with E-state index in [1.54, 1.807) is 0 Å². The van der Waals surface area contributed by atoms with E-state index in [-0.39, 0.29) is 18.0 Å². The van der Waals surface area contributed by atoms with Gasteiger partial charge >= 0.3 is 0 Å². The second kappa shape index (κ2) is 4.59. The van der Waals surface area contributed by atoms with Gasteiger partial charge in [-0.3, -0.25) is 10.0 Å². The summed E-state index contributed by atoms with van der Waals surface area (Å²) in [7, 11) is 0. The topological polar surface area (TPSA) is 75.1 Å². The van der Waals surface area contributed by atoms with Crippen molar-refractivity contribution in [3.63, 3.8) is 0 Å². The van der Waals surface area contributed by atoms with Crippen LogP contribution in [0.4, 0.5) is 0 Å². The van der Waals surface area contributed by atoms with E-state index in [2.05, 4.69) is 9.97 Å². The molecule has 1 heterocycles. The first kappa shape index (κ1) is 9.80. The molecule has 1 rings (SSSR count). The van der Waals surface area contributed by atoms with E-state index in [1.807, 2.05) is 0 Å². The number of carbonyl (C=O) groups excluding carboxylic acids is 1. The molecule has 1 amide bonds. The van der Waals surface area contributed by atoms with E-state index in [1.165, 1.54) is 24.2 Å². The van der Waals surface area contributed by atoms with Gasteiger partial charge in [0.1, 0.15) is 6.33 Å². The van der Waals surface area contributed by atoms with Crippen LogP contribution >= 0.6 is 12.4 Å². The Hall–Kier alpha value is -1.20. The van der Waals surface area contributed by atoms with Crippen LogP contribution in [-0.4, -0.2) is 21.1 Å². The van der Waals surface area contributed by atoms with Crippen LogP contribution in [0.3, 0.4) is 0 Å². The zero-order valence-corrected chi connectivity index (χ0v) is 6.21. The first-order chi connectivity index (χ1) is 4.84. The fourth-order valence-corrected chi connectivity index (χ4v) is 0.481. The van der Waals surface area contributed by atoms with E-state index in [0.29, 0.717) is 0 Å². The lowest BCUT2D eigenvalue weighted by molar-refractivity contribution is 0.0705. The highest BCUT2D eigenvalue weighted by atomic mass is 35.5. The molecule has 0 aliphatic rings. The van der Waals surface area contributed by atoms with Crippen LogP contribution in [0.25, 0.3) is 0 Å². The van der Waals surface area contributed by atoms with Crippen molar-refractivity contribution in [2.45, 2.75) is 0 Å². The van der Waals surface area contributed by atoms with Crippen molar-refractivity contribution in [1.29, 1.82) is 0 Å². The average Bonchev–Trinajstić information content (AvgIpc) is 2.05. The van der Waals surface area contributed by atoms with E-state index in [9.17, 15) is 4.79 Å². The van der Waals surface area contributed by atoms with Gasteiger partial charge in [-0.25, -0.2) is 15.4 Å². The molecule has 11 heavy (non-hydrogen) atoms. The number of amides is 1. The molecule has 1 aromatic rings. The molecule has 0 atom stereocenters. The number of rotatable bonds is 1. The lowest BCUT2D eigenvalue weighted by Gasteiger charge is -1.93. The van der Waals surface area contributed by atoms with Crippen molar-refractivity contribution >= 4 is 18.3 Å². The highest BCUT2D eigenvalue weighted by molar-refractivity contribution is 5.92. The predicted octanol–water partition coefficient (Wildman–Crippen LogP) is 0.0174. The lowest BCUT2D eigenvalue weighted by Crippen LogP contribution is -2.18. The van der Waals surface area contributed by atoms with Crippen LogP contribution < -0.4 is 5.48 Å². The minimum atomic E-state index is -0.611. The first-order valence-corrected chi connectivity index (χ1v) is 2.54. The quantitative estimate of drug-likeness (QED) is 0.466. The lowest BCUT2D eigenvalue weighted by atomic mass is 10.3. The molecule has 1 aromatic heterocycles. The summed E-state index contributed by atoms with van der Waals surface area (Å²) in [6.45, 7) is 0. The SMILES string of the molecule is Cl.O=C(NO)c1cncnc1. The minimum absolute atomic E-state index is 0. The number of hydrogen-bond acceptors (Lipinski definition) is 4. The molecule has 0 spiro atoms. The van der Waals surface area contributed by atoms with Crippen molar-refractivity contribution in [3.05, 3.63) is 24.3 Å². The van der Waals surface area contributed by atoms with Gasteiger partial charge in [-0.05, 0) is 0 Å². The van der Waals surface area contributed by atoms with Gasteiger partial charge in [0.25, 0.3) is 5.91 Å². The van der Waals surface area contributed by atoms with Crippen LogP contribution in [0.15, 0.2) is 18.7 Å². The normalized spacial score (nSPS) is 8.09. The summed E-state index contributed by atoms with van der Waals surface area (Å²) in [5.74, 6) is -0.611. The second-order valence-corrected chi connectivity index (χ2v) is 1.57. The van der Waals surface area contributed by atoms with Crippen molar-refractivity contribution in [2.75, 3.05) is 0 Å². The van der Waals surface area contributed by atoms with Gasteiger partial charge in [0, 0.05) is 12.4 Å². The van der Waals surface area contributed by atoms with Crippen LogP contribution in [-0.2, 0) is 0 Å². The molecule has 0 aliphatic heterocycles. The molecule has 0 saturated heterocycles. The smallest absolute Gasteiger partial charge is 0.277 e. The number of hydroxylamine groups is 1. The molecule has 0 saturated carbocycles. The third kappa shape index (κ3) is 2.48. The predicted molar refractivity (Wildman–Crippen MR) is 38.5 cm³/mol. The Morgan fingerprint density at radius 1 is 1.45 bits per heavy atom. The Bertz CT molecular complexity index is 228. The van der Waals surface area contributed by atoms with E-state index >= 15 is 0 Å². The average molecular weight is 176 g/mol. The molecule has 2 N–H and O–H groups in total. The van der Waals surface area contributed by atoms with Crippen molar-refractivity contribution in [2.24, 2.45) is 0 Å². The summed E-state index contributed by atoms with van der Waals surface area (Å²) in [5, 5.41) is 8.13. The molecule has 0 aliphatic carbocycles. The van der Waals surface area contributed by atoms with E-state index in [0.717, 1.165) is 0 Å². The number of aromatic nitrogens is 2.